The van der Waals surface area contributed by atoms with Crippen molar-refractivity contribution in [1.82, 2.24) is 14.8 Å². The monoisotopic (exact) mass is 287 g/mol. The summed E-state index contributed by atoms with van der Waals surface area (Å²) in [5.41, 5.74) is 1.14. The van der Waals surface area contributed by atoms with E-state index in [9.17, 15) is 9.59 Å². The summed E-state index contributed by atoms with van der Waals surface area (Å²) in [6.45, 7) is 2.62. The standard InChI is InChI=1S/C15H17N3O3/c1-2-21-14(20)11-13(19)15-12(5-3-7-16-15)6-10-18-9-4-8-17-18/h3-5,7-9H,2,6,10-11H2,1H3. The lowest BCUT2D eigenvalue weighted by atomic mass is 10.1. The van der Waals surface area contributed by atoms with E-state index in [-0.39, 0.29) is 18.8 Å². The van der Waals surface area contributed by atoms with E-state index in [1.165, 1.54) is 0 Å². The zero-order chi connectivity index (χ0) is 15.1. The molecule has 0 spiro atoms. The van der Waals surface area contributed by atoms with Gasteiger partial charge in [0.2, 0.25) is 0 Å². The number of Topliss-reactive ketones (excluding diaryl/α,β-unsaturated/α-hetero) is 1. The van der Waals surface area contributed by atoms with E-state index in [0.717, 1.165) is 5.56 Å². The van der Waals surface area contributed by atoms with Crippen LogP contribution in [0, 0.1) is 0 Å². The Kier molecular flexibility index (Phi) is 5.20. The third kappa shape index (κ3) is 4.24. The Morgan fingerprint density at radius 3 is 2.86 bits per heavy atom. The van der Waals surface area contributed by atoms with Crippen molar-refractivity contribution in [3.05, 3.63) is 48.0 Å². The van der Waals surface area contributed by atoms with E-state index in [4.69, 9.17) is 4.74 Å². The summed E-state index contributed by atoms with van der Waals surface area (Å²) < 4.78 is 6.58. The number of hydrogen-bond donors (Lipinski definition) is 0. The smallest absolute Gasteiger partial charge is 0.313 e. The second-order valence-corrected chi connectivity index (χ2v) is 4.44. The lowest BCUT2D eigenvalue weighted by Crippen LogP contribution is -2.15. The summed E-state index contributed by atoms with van der Waals surface area (Å²) in [7, 11) is 0. The van der Waals surface area contributed by atoms with Gasteiger partial charge in [-0.25, -0.2) is 0 Å². The Morgan fingerprint density at radius 1 is 1.29 bits per heavy atom. The number of esters is 1. The van der Waals surface area contributed by atoms with Gasteiger partial charge in [0.1, 0.15) is 12.1 Å². The molecule has 0 aliphatic rings. The number of aromatic nitrogens is 3. The van der Waals surface area contributed by atoms with Crippen molar-refractivity contribution in [2.45, 2.75) is 26.3 Å². The van der Waals surface area contributed by atoms with Gasteiger partial charge in [-0.1, -0.05) is 6.07 Å². The van der Waals surface area contributed by atoms with Gasteiger partial charge < -0.3 is 4.74 Å². The quantitative estimate of drug-likeness (QED) is 0.440. The van der Waals surface area contributed by atoms with Crippen molar-refractivity contribution in [1.29, 1.82) is 0 Å². The van der Waals surface area contributed by atoms with Gasteiger partial charge in [-0.2, -0.15) is 5.10 Å². The van der Waals surface area contributed by atoms with Crippen molar-refractivity contribution in [2.75, 3.05) is 6.61 Å². The van der Waals surface area contributed by atoms with Crippen LogP contribution in [0.25, 0.3) is 0 Å². The van der Waals surface area contributed by atoms with E-state index >= 15 is 0 Å². The van der Waals surface area contributed by atoms with E-state index in [0.29, 0.717) is 18.7 Å². The highest BCUT2D eigenvalue weighted by Gasteiger charge is 2.17. The molecular formula is C15H17N3O3. The summed E-state index contributed by atoms with van der Waals surface area (Å²) >= 11 is 0. The molecule has 0 bridgehead atoms. The third-order valence-corrected chi connectivity index (χ3v) is 2.94. The lowest BCUT2D eigenvalue weighted by molar-refractivity contribution is -0.141. The van der Waals surface area contributed by atoms with Crippen LogP contribution < -0.4 is 0 Å². The number of ketones is 1. The molecule has 21 heavy (non-hydrogen) atoms. The molecule has 0 unspecified atom stereocenters. The molecule has 0 atom stereocenters. The van der Waals surface area contributed by atoms with Gasteiger partial charge in [-0.05, 0) is 31.0 Å². The van der Waals surface area contributed by atoms with Gasteiger partial charge in [-0.15, -0.1) is 0 Å². The fraction of sp³-hybridized carbons (Fsp3) is 0.333. The molecule has 2 heterocycles. The molecule has 2 aromatic rings. The molecule has 2 aromatic heterocycles. The summed E-state index contributed by atoms with van der Waals surface area (Å²) in [4.78, 5) is 27.6. The minimum Gasteiger partial charge on any atom is -0.466 e. The average molecular weight is 287 g/mol. The summed E-state index contributed by atoms with van der Waals surface area (Å²) in [6, 6.07) is 5.46. The number of aryl methyl sites for hydroxylation is 2. The van der Waals surface area contributed by atoms with Crippen LogP contribution in [0.1, 0.15) is 29.4 Å². The molecule has 6 nitrogen and oxygen atoms in total. The highest BCUT2D eigenvalue weighted by Crippen LogP contribution is 2.10. The predicted molar refractivity (Wildman–Crippen MR) is 75.7 cm³/mol. The Morgan fingerprint density at radius 2 is 2.14 bits per heavy atom. The minimum absolute atomic E-state index is 0.264. The minimum atomic E-state index is -0.522. The number of hydrogen-bond acceptors (Lipinski definition) is 5. The molecule has 110 valence electrons. The number of carbonyl (C=O) groups is 2. The zero-order valence-corrected chi connectivity index (χ0v) is 11.9. The molecule has 2 rings (SSSR count). The maximum absolute atomic E-state index is 12.1. The van der Waals surface area contributed by atoms with Crippen molar-refractivity contribution in [3.8, 4) is 0 Å². The van der Waals surface area contributed by atoms with Gasteiger partial charge in [-0.3, -0.25) is 19.3 Å². The molecule has 0 radical (unpaired) electrons. The van der Waals surface area contributed by atoms with Crippen LogP contribution >= 0.6 is 0 Å². The lowest BCUT2D eigenvalue weighted by Gasteiger charge is -2.07. The number of nitrogens with zero attached hydrogens (tertiary/aromatic N) is 3. The normalized spacial score (nSPS) is 10.3. The molecule has 0 fully saturated rings. The molecule has 0 N–H and O–H groups in total. The Hall–Kier alpha value is -2.50. The highest BCUT2D eigenvalue weighted by atomic mass is 16.5. The van der Waals surface area contributed by atoms with Crippen molar-refractivity contribution >= 4 is 11.8 Å². The van der Waals surface area contributed by atoms with Gasteiger partial charge in [0.05, 0.1) is 6.61 Å². The molecule has 0 saturated heterocycles. The number of carbonyl (C=O) groups excluding carboxylic acids is 2. The van der Waals surface area contributed by atoms with Gasteiger partial charge in [0.25, 0.3) is 0 Å². The van der Waals surface area contributed by atoms with E-state index in [2.05, 4.69) is 10.1 Å². The predicted octanol–water partition coefficient (Wildman–Crippen LogP) is 1.66. The van der Waals surface area contributed by atoms with Crippen LogP contribution in [0.5, 0.6) is 0 Å². The van der Waals surface area contributed by atoms with Gasteiger partial charge in [0.15, 0.2) is 5.78 Å². The van der Waals surface area contributed by atoms with Crippen molar-refractivity contribution < 1.29 is 14.3 Å². The SMILES string of the molecule is CCOC(=O)CC(=O)c1ncccc1CCn1cccn1. The van der Waals surface area contributed by atoms with Gasteiger partial charge in [0, 0.05) is 25.1 Å². The van der Waals surface area contributed by atoms with Gasteiger partial charge >= 0.3 is 5.97 Å². The van der Waals surface area contributed by atoms with Crippen molar-refractivity contribution in [2.24, 2.45) is 0 Å². The largest absolute Gasteiger partial charge is 0.466 e. The first-order chi connectivity index (χ1) is 10.2. The van der Waals surface area contributed by atoms with E-state index < -0.39 is 5.97 Å². The topological polar surface area (TPSA) is 74.1 Å². The third-order valence-electron chi connectivity index (χ3n) is 2.94. The molecule has 0 aromatic carbocycles. The zero-order valence-electron chi connectivity index (χ0n) is 11.9. The second kappa shape index (κ2) is 7.33. The van der Waals surface area contributed by atoms with E-state index in [1.54, 1.807) is 30.1 Å². The first kappa shape index (κ1) is 14.9. The number of rotatable bonds is 7. The molecular weight excluding hydrogens is 270 g/mol. The summed E-state index contributed by atoms with van der Waals surface area (Å²) in [5.74, 6) is -0.837. The molecule has 0 aliphatic carbocycles. The number of ether oxygens (including phenoxy) is 1. The van der Waals surface area contributed by atoms with Crippen LogP contribution in [0.15, 0.2) is 36.8 Å². The van der Waals surface area contributed by atoms with Crippen LogP contribution in [-0.2, 0) is 22.5 Å². The maximum Gasteiger partial charge on any atom is 0.313 e. The summed E-state index contributed by atoms with van der Waals surface area (Å²) in [5, 5.41) is 4.12. The van der Waals surface area contributed by atoms with Crippen LogP contribution in [-0.4, -0.2) is 33.1 Å². The average Bonchev–Trinajstić information content (AvgIpc) is 2.99. The fourth-order valence-electron chi connectivity index (χ4n) is 1.99. The molecule has 0 saturated carbocycles. The Labute approximate surface area is 122 Å². The molecule has 0 aliphatic heterocycles. The van der Waals surface area contributed by atoms with Crippen LogP contribution in [0.4, 0.5) is 0 Å². The fourth-order valence-corrected chi connectivity index (χ4v) is 1.99. The van der Waals surface area contributed by atoms with Crippen molar-refractivity contribution in [3.63, 3.8) is 0 Å². The second-order valence-electron chi connectivity index (χ2n) is 4.44. The Balaban J connectivity index is 2.05. The van der Waals surface area contributed by atoms with Crippen LogP contribution in [0.3, 0.4) is 0 Å². The summed E-state index contributed by atoms with van der Waals surface area (Å²) in [6.07, 6.45) is 5.46. The highest BCUT2D eigenvalue weighted by molar-refractivity contribution is 6.05. The van der Waals surface area contributed by atoms with Crippen LogP contribution in [0.2, 0.25) is 0 Å². The Bertz CT molecular complexity index is 608. The molecule has 0 amide bonds. The van der Waals surface area contributed by atoms with E-state index in [1.807, 2.05) is 18.3 Å². The first-order valence-corrected chi connectivity index (χ1v) is 6.81. The molecule has 6 heteroatoms. The first-order valence-electron chi connectivity index (χ1n) is 6.81. The maximum atomic E-state index is 12.1. The number of pyridine rings is 1.